The smallest absolute Gasteiger partial charge is 0.435 e. The molecule has 1 N–H and O–H groups in total. The normalized spacial score (nSPS) is 12.9. The summed E-state index contributed by atoms with van der Waals surface area (Å²) in [4.78, 5) is 10.2. The Hall–Kier alpha value is -1.67. The molecule has 90 valence electrons. The standard InChI is InChI=1S/C7H5F5N2O2/c1-14-2-3(6(8,9)5(15)16)4(13-14)7(10,11)12/h2H,1H3,(H,15,16). The summed E-state index contributed by atoms with van der Waals surface area (Å²) in [6.07, 6.45) is -4.80. The zero-order chi connectivity index (χ0) is 12.7. The Labute approximate surface area is 85.3 Å². The molecular formula is C7H5F5N2O2. The number of aliphatic carboxylic acids is 1. The van der Waals surface area contributed by atoms with E-state index in [2.05, 4.69) is 5.10 Å². The number of carbonyl (C=O) groups is 1. The molecule has 16 heavy (non-hydrogen) atoms. The minimum absolute atomic E-state index is 0.330. The second-order valence-electron chi connectivity index (χ2n) is 2.94. The number of rotatable bonds is 2. The Balaban J connectivity index is 3.40. The van der Waals surface area contributed by atoms with Crippen LogP contribution < -0.4 is 0 Å². The second-order valence-corrected chi connectivity index (χ2v) is 2.94. The van der Waals surface area contributed by atoms with Crippen molar-refractivity contribution < 1.29 is 31.9 Å². The first-order chi connectivity index (χ1) is 7.06. The summed E-state index contributed by atoms with van der Waals surface area (Å²) in [5.74, 6) is -7.29. The molecule has 0 amide bonds. The third kappa shape index (κ3) is 1.97. The first kappa shape index (κ1) is 12.4. The van der Waals surface area contributed by atoms with E-state index in [4.69, 9.17) is 5.11 Å². The number of hydrogen-bond donors (Lipinski definition) is 1. The van der Waals surface area contributed by atoms with E-state index in [1.165, 1.54) is 0 Å². The highest BCUT2D eigenvalue weighted by Crippen LogP contribution is 2.38. The molecule has 1 aromatic rings. The van der Waals surface area contributed by atoms with E-state index in [1.807, 2.05) is 0 Å². The summed E-state index contributed by atoms with van der Waals surface area (Å²) in [5.41, 5.74) is -3.57. The maximum Gasteiger partial charge on any atom is 0.435 e. The molecule has 9 heteroatoms. The molecule has 0 unspecified atom stereocenters. The topological polar surface area (TPSA) is 55.1 Å². The third-order valence-electron chi connectivity index (χ3n) is 1.70. The second kappa shape index (κ2) is 3.42. The Bertz CT molecular complexity index is 423. The van der Waals surface area contributed by atoms with Gasteiger partial charge >= 0.3 is 18.1 Å². The van der Waals surface area contributed by atoms with Crippen molar-refractivity contribution in [3.63, 3.8) is 0 Å². The van der Waals surface area contributed by atoms with Crippen molar-refractivity contribution in [1.82, 2.24) is 9.78 Å². The van der Waals surface area contributed by atoms with Gasteiger partial charge in [0.25, 0.3) is 0 Å². The van der Waals surface area contributed by atoms with Gasteiger partial charge in [0, 0.05) is 13.2 Å². The van der Waals surface area contributed by atoms with Crippen LogP contribution in [-0.4, -0.2) is 20.9 Å². The van der Waals surface area contributed by atoms with Gasteiger partial charge in [-0.1, -0.05) is 0 Å². The number of aryl methyl sites for hydroxylation is 1. The van der Waals surface area contributed by atoms with Crippen LogP contribution in [0, 0.1) is 0 Å². The highest BCUT2D eigenvalue weighted by molar-refractivity contribution is 5.77. The zero-order valence-electron chi connectivity index (χ0n) is 7.72. The number of hydrogen-bond acceptors (Lipinski definition) is 2. The number of aromatic nitrogens is 2. The molecule has 0 radical (unpaired) electrons. The van der Waals surface area contributed by atoms with Gasteiger partial charge in [0.2, 0.25) is 0 Å². The van der Waals surface area contributed by atoms with Crippen LogP contribution in [0.3, 0.4) is 0 Å². The molecule has 4 nitrogen and oxygen atoms in total. The lowest BCUT2D eigenvalue weighted by molar-refractivity contribution is -0.169. The molecule has 0 spiro atoms. The van der Waals surface area contributed by atoms with Gasteiger partial charge in [-0.05, 0) is 0 Å². The molecule has 0 saturated carbocycles. The third-order valence-corrected chi connectivity index (χ3v) is 1.70. The average Bonchev–Trinajstić information content (AvgIpc) is 2.46. The molecule has 0 bridgehead atoms. The monoisotopic (exact) mass is 244 g/mol. The lowest BCUT2D eigenvalue weighted by atomic mass is 10.1. The molecule has 1 heterocycles. The summed E-state index contributed by atoms with van der Waals surface area (Å²) in [7, 11) is 0.983. The maximum atomic E-state index is 12.9. The minimum atomic E-state index is -5.13. The fraction of sp³-hybridized carbons (Fsp3) is 0.429. The van der Waals surface area contributed by atoms with Crippen LogP contribution in [0.2, 0.25) is 0 Å². The quantitative estimate of drug-likeness (QED) is 0.804. The predicted octanol–water partition coefficient (Wildman–Crippen LogP) is 1.62. The van der Waals surface area contributed by atoms with E-state index in [0.717, 1.165) is 7.05 Å². The summed E-state index contributed by atoms with van der Waals surface area (Å²) >= 11 is 0. The van der Waals surface area contributed by atoms with Crippen LogP contribution in [0.4, 0.5) is 22.0 Å². The van der Waals surface area contributed by atoms with E-state index in [0.29, 0.717) is 10.9 Å². The van der Waals surface area contributed by atoms with E-state index >= 15 is 0 Å². The average molecular weight is 244 g/mol. The predicted molar refractivity (Wildman–Crippen MR) is 39.7 cm³/mol. The van der Waals surface area contributed by atoms with E-state index in [9.17, 15) is 26.7 Å². The van der Waals surface area contributed by atoms with E-state index < -0.39 is 29.3 Å². The summed E-state index contributed by atoms with van der Waals surface area (Å²) in [5, 5.41) is 10.9. The molecule has 0 aliphatic heterocycles. The van der Waals surface area contributed by atoms with Crippen molar-refractivity contribution in [3.05, 3.63) is 17.5 Å². The van der Waals surface area contributed by atoms with Crippen molar-refractivity contribution >= 4 is 5.97 Å². The van der Waals surface area contributed by atoms with Crippen LogP contribution >= 0.6 is 0 Å². The highest BCUT2D eigenvalue weighted by Gasteiger charge is 2.50. The molecule has 0 aliphatic rings. The zero-order valence-corrected chi connectivity index (χ0v) is 7.72. The molecule has 0 aliphatic carbocycles. The number of carboxylic acid groups (broad SMARTS) is 1. The van der Waals surface area contributed by atoms with Crippen LogP contribution in [0.5, 0.6) is 0 Å². The van der Waals surface area contributed by atoms with Crippen LogP contribution in [0.1, 0.15) is 11.3 Å². The molecule has 0 saturated heterocycles. The van der Waals surface area contributed by atoms with Gasteiger partial charge in [-0.3, -0.25) is 4.68 Å². The van der Waals surface area contributed by atoms with Crippen LogP contribution in [0.25, 0.3) is 0 Å². The van der Waals surface area contributed by atoms with Crippen molar-refractivity contribution in [2.75, 3.05) is 0 Å². The largest absolute Gasteiger partial charge is 0.477 e. The maximum absolute atomic E-state index is 12.9. The number of halogens is 5. The Kier molecular flexibility index (Phi) is 2.65. The highest BCUT2D eigenvalue weighted by atomic mass is 19.4. The minimum Gasteiger partial charge on any atom is -0.477 e. The van der Waals surface area contributed by atoms with Crippen molar-refractivity contribution in [1.29, 1.82) is 0 Å². The molecule has 0 atom stereocenters. The van der Waals surface area contributed by atoms with Gasteiger partial charge in [-0.2, -0.15) is 27.1 Å². The molecule has 1 rings (SSSR count). The molecule has 0 aromatic carbocycles. The number of alkyl halides is 5. The van der Waals surface area contributed by atoms with Gasteiger partial charge in [0.05, 0.1) is 5.56 Å². The number of carboxylic acids is 1. The Morgan fingerprint density at radius 1 is 1.38 bits per heavy atom. The summed E-state index contributed by atoms with van der Waals surface area (Å²) in [6.45, 7) is 0. The Morgan fingerprint density at radius 3 is 2.25 bits per heavy atom. The lowest BCUT2D eigenvalue weighted by Gasteiger charge is -2.12. The van der Waals surface area contributed by atoms with E-state index in [-0.39, 0.29) is 0 Å². The van der Waals surface area contributed by atoms with Crippen molar-refractivity contribution in [3.8, 4) is 0 Å². The summed E-state index contributed by atoms with van der Waals surface area (Å²) < 4.78 is 63.1. The van der Waals surface area contributed by atoms with E-state index in [1.54, 1.807) is 0 Å². The first-order valence-electron chi connectivity index (χ1n) is 3.79. The fourth-order valence-electron chi connectivity index (χ4n) is 1.04. The van der Waals surface area contributed by atoms with Crippen molar-refractivity contribution in [2.24, 2.45) is 7.05 Å². The lowest BCUT2D eigenvalue weighted by Crippen LogP contribution is -2.28. The van der Waals surface area contributed by atoms with Gasteiger partial charge in [0.1, 0.15) is 0 Å². The SMILES string of the molecule is Cn1cc(C(F)(F)C(=O)O)c(C(F)(F)F)n1. The van der Waals surface area contributed by atoms with Gasteiger partial charge in [-0.15, -0.1) is 0 Å². The fourth-order valence-corrected chi connectivity index (χ4v) is 1.04. The van der Waals surface area contributed by atoms with Crippen molar-refractivity contribution in [2.45, 2.75) is 12.1 Å². The van der Waals surface area contributed by atoms with Gasteiger partial charge in [-0.25, -0.2) is 4.79 Å². The molecule has 1 aromatic heterocycles. The first-order valence-corrected chi connectivity index (χ1v) is 3.79. The van der Waals surface area contributed by atoms with Crippen LogP contribution in [-0.2, 0) is 23.9 Å². The molecular weight excluding hydrogens is 239 g/mol. The van der Waals surface area contributed by atoms with Gasteiger partial charge in [0.15, 0.2) is 5.69 Å². The van der Waals surface area contributed by atoms with Gasteiger partial charge < -0.3 is 5.11 Å². The molecule has 0 fully saturated rings. The summed E-state index contributed by atoms with van der Waals surface area (Å²) in [6, 6.07) is 0. The Morgan fingerprint density at radius 2 is 1.88 bits per heavy atom. The van der Waals surface area contributed by atoms with Crippen LogP contribution in [0.15, 0.2) is 6.20 Å². The number of nitrogens with zero attached hydrogens (tertiary/aromatic N) is 2.